The number of rotatable bonds is 21. The molecular formula is C42H71NO5S. The van der Waals surface area contributed by atoms with Gasteiger partial charge in [-0.05, 0) is 126 Å². The zero-order valence-electron chi connectivity index (χ0n) is 32.6. The van der Waals surface area contributed by atoms with Gasteiger partial charge >= 0.3 is 11.9 Å². The lowest BCUT2D eigenvalue weighted by Gasteiger charge is -2.38. The van der Waals surface area contributed by atoms with Crippen LogP contribution in [0.4, 0.5) is 0 Å². The number of hydrogen-bond donors (Lipinski definition) is 1. The van der Waals surface area contributed by atoms with Crippen LogP contribution in [0, 0.1) is 44.4 Å². The molecule has 3 rings (SSSR count). The van der Waals surface area contributed by atoms with E-state index in [1.54, 1.807) is 0 Å². The first-order valence-electron chi connectivity index (χ1n) is 19.8. The fraction of sp³-hybridized carbons (Fsp3) is 0.810. The van der Waals surface area contributed by atoms with Crippen LogP contribution in [0.1, 0.15) is 153 Å². The van der Waals surface area contributed by atoms with Crippen LogP contribution >= 0.6 is 12.6 Å². The van der Waals surface area contributed by atoms with E-state index < -0.39 is 5.97 Å². The third-order valence-electron chi connectivity index (χ3n) is 11.5. The minimum atomic E-state index is -0.393. The molecule has 1 aromatic carbocycles. The maximum absolute atomic E-state index is 12.9. The molecule has 1 aromatic rings. The predicted octanol–water partition coefficient (Wildman–Crippen LogP) is 10.4. The van der Waals surface area contributed by atoms with Crippen molar-refractivity contribution in [2.75, 3.05) is 32.0 Å². The van der Waals surface area contributed by atoms with E-state index in [0.29, 0.717) is 18.3 Å². The molecule has 2 heterocycles. The largest absolute Gasteiger partial charge is 0.487 e. The maximum Gasteiger partial charge on any atom is 0.311 e. The number of nitrogens with zero attached hydrogens (tertiary/aromatic N) is 1. The Morgan fingerprint density at radius 1 is 0.878 bits per heavy atom. The lowest BCUT2D eigenvalue weighted by atomic mass is 9.83. The fourth-order valence-electron chi connectivity index (χ4n) is 7.83. The SMILES string of the molecule is Cc1c(C)c2c(c(C)c1OC(=O)CCC(=O)OCCC1CCN(CCS)CC1)CCC(C)(CCCC(C)CCCC(C)CCCC(C)C)O2. The number of carbonyl (C=O) groups is 2. The molecule has 3 unspecified atom stereocenters. The van der Waals surface area contributed by atoms with E-state index in [9.17, 15) is 9.59 Å². The second-order valence-corrected chi connectivity index (χ2v) is 16.9. The predicted molar refractivity (Wildman–Crippen MR) is 206 cm³/mol. The van der Waals surface area contributed by atoms with Gasteiger partial charge in [0.2, 0.25) is 0 Å². The molecule has 1 fully saturated rings. The minimum absolute atomic E-state index is 0.0142. The van der Waals surface area contributed by atoms with E-state index in [-0.39, 0.29) is 24.4 Å². The average molecular weight is 702 g/mol. The molecular weight excluding hydrogens is 631 g/mol. The molecule has 0 spiro atoms. The van der Waals surface area contributed by atoms with Crippen LogP contribution in [-0.2, 0) is 20.7 Å². The van der Waals surface area contributed by atoms with Gasteiger partial charge in [-0.1, -0.05) is 72.6 Å². The van der Waals surface area contributed by atoms with E-state index in [2.05, 4.69) is 59.1 Å². The monoisotopic (exact) mass is 702 g/mol. The highest BCUT2D eigenvalue weighted by molar-refractivity contribution is 7.80. The van der Waals surface area contributed by atoms with Gasteiger partial charge in [0.15, 0.2) is 0 Å². The molecule has 0 aliphatic carbocycles. The number of carbonyl (C=O) groups excluding carboxylic acids is 2. The molecule has 0 N–H and O–H groups in total. The normalized spacial score (nSPS) is 19.7. The Hall–Kier alpha value is -1.73. The Balaban J connectivity index is 1.40. The van der Waals surface area contributed by atoms with Gasteiger partial charge in [0.1, 0.15) is 17.1 Å². The zero-order chi connectivity index (χ0) is 36.0. The number of piperidine rings is 1. The molecule has 0 saturated carbocycles. The number of esters is 2. The topological polar surface area (TPSA) is 65.1 Å². The second-order valence-electron chi connectivity index (χ2n) is 16.4. The van der Waals surface area contributed by atoms with Gasteiger partial charge in [-0.25, -0.2) is 0 Å². The summed E-state index contributed by atoms with van der Waals surface area (Å²) in [5.74, 6) is 4.77. The summed E-state index contributed by atoms with van der Waals surface area (Å²) in [5.41, 5.74) is 3.92. The summed E-state index contributed by atoms with van der Waals surface area (Å²) in [6.07, 6.45) is 16.7. The number of hydrogen-bond acceptors (Lipinski definition) is 7. The molecule has 6 nitrogen and oxygen atoms in total. The van der Waals surface area contributed by atoms with Crippen molar-refractivity contribution < 1.29 is 23.8 Å². The summed E-state index contributed by atoms with van der Waals surface area (Å²) in [7, 11) is 0. The molecule has 0 radical (unpaired) electrons. The molecule has 0 aromatic heterocycles. The number of ether oxygens (including phenoxy) is 3. The number of likely N-dealkylation sites (tertiary alicyclic amines) is 1. The highest BCUT2D eigenvalue weighted by atomic mass is 32.1. The van der Waals surface area contributed by atoms with E-state index >= 15 is 0 Å². The zero-order valence-corrected chi connectivity index (χ0v) is 33.5. The molecule has 49 heavy (non-hydrogen) atoms. The van der Waals surface area contributed by atoms with Crippen LogP contribution < -0.4 is 9.47 Å². The van der Waals surface area contributed by atoms with Crippen molar-refractivity contribution in [1.29, 1.82) is 0 Å². The summed E-state index contributed by atoms with van der Waals surface area (Å²) in [6, 6.07) is 0. The summed E-state index contributed by atoms with van der Waals surface area (Å²) in [4.78, 5) is 27.7. The highest BCUT2D eigenvalue weighted by Crippen LogP contribution is 2.45. The third kappa shape index (κ3) is 14.1. The van der Waals surface area contributed by atoms with Crippen LogP contribution in [-0.4, -0.2) is 54.4 Å². The van der Waals surface area contributed by atoms with Gasteiger partial charge in [0, 0.05) is 17.9 Å². The molecule has 1 saturated heterocycles. The molecule has 0 bridgehead atoms. The number of benzene rings is 1. The lowest BCUT2D eigenvalue weighted by molar-refractivity contribution is -0.147. The van der Waals surface area contributed by atoms with Crippen molar-refractivity contribution in [2.24, 2.45) is 23.7 Å². The second kappa shape index (κ2) is 21.0. The Bertz CT molecular complexity index is 1180. The van der Waals surface area contributed by atoms with Crippen molar-refractivity contribution in [1.82, 2.24) is 4.90 Å². The van der Waals surface area contributed by atoms with Gasteiger partial charge in [0.25, 0.3) is 0 Å². The van der Waals surface area contributed by atoms with Crippen LogP contribution in [0.5, 0.6) is 11.5 Å². The highest BCUT2D eigenvalue weighted by Gasteiger charge is 2.35. The van der Waals surface area contributed by atoms with Crippen molar-refractivity contribution in [2.45, 2.75) is 164 Å². The molecule has 3 atom stereocenters. The van der Waals surface area contributed by atoms with Crippen LogP contribution in [0.25, 0.3) is 0 Å². The first-order valence-corrected chi connectivity index (χ1v) is 20.5. The molecule has 2 aliphatic heterocycles. The first-order chi connectivity index (χ1) is 23.3. The first kappa shape index (κ1) is 41.7. The van der Waals surface area contributed by atoms with Gasteiger partial charge in [-0.15, -0.1) is 0 Å². The van der Waals surface area contributed by atoms with Crippen molar-refractivity contribution in [3.05, 3.63) is 22.3 Å². The smallest absolute Gasteiger partial charge is 0.311 e. The molecule has 280 valence electrons. The van der Waals surface area contributed by atoms with Gasteiger partial charge in [-0.2, -0.15) is 12.6 Å². The van der Waals surface area contributed by atoms with Crippen LogP contribution in [0.3, 0.4) is 0 Å². The standard InChI is InChI=1S/C42H71NO5S/c1-30(2)12-9-13-31(3)14-10-15-32(4)16-11-23-42(8)24-19-37-35(7)40(33(5)34(6)41(37)48-42)47-39(45)18-17-38(44)46-28-22-36-20-25-43(26-21-36)27-29-49/h30-32,36,49H,9-29H2,1-8H3. The van der Waals surface area contributed by atoms with Crippen molar-refractivity contribution >= 4 is 24.6 Å². The summed E-state index contributed by atoms with van der Waals surface area (Å²) >= 11 is 4.33. The van der Waals surface area contributed by atoms with Crippen molar-refractivity contribution in [3.63, 3.8) is 0 Å². The summed E-state index contributed by atoms with van der Waals surface area (Å²) in [6.45, 7) is 21.5. The summed E-state index contributed by atoms with van der Waals surface area (Å²) < 4.78 is 18.2. The quantitative estimate of drug-likeness (QED) is 0.0782. The fourth-order valence-corrected chi connectivity index (χ4v) is 8.12. The van der Waals surface area contributed by atoms with E-state index in [1.807, 2.05) is 13.8 Å². The number of thiol groups is 1. The molecule has 2 aliphatic rings. The average Bonchev–Trinajstić information content (AvgIpc) is 3.05. The summed E-state index contributed by atoms with van der Waals surface area (Å²) in [5, 5.41) is 0. The Morgan fingerprint density at radius 3 is 2.12 bits per heavy atom. The van der Waals surface area contributed by atoms with E-state index in [1.165, 1.54) is 51.4 Å². The Kier molecular flexibility index (Phi) is 17.8. The van der Waals surface area contributed by atoms with Crippen LogP contribution in [0.2, 0.25) is 0 Å². The van der Waals surface area contributed by atoms with E-state index in [0.717, 1.165) is 110 Å². The Morgan fingerprint density at radius 2 is 1.49 bits per heavy atom. The third-order valence-corrected chi connectivity index (χ3v) is 11.7. The molecule has 7 heteroatoms. The van der Waals surface area contributed by atoms with Gasteiger partial charge in [-0.3, -0.25) is 9.59 Å². The van der Waals surface area contributed by atoms with E-state index in [4.69, 9.17) is 14.2 Å². The maximum atomic E-state index is 12.9. The van der Waals surface area contributed by atoms with Crippen molar-refractivity contribution in [3.8, 4) is 11.5 Å². The minimum Gasteiger partial charge on any atom is -0.487 e. The number of fused-ring (bicyclic) bond motifs is 1. The van der Waals surface area contributed by atoms with Gasteiger partial charge in [0.05, 0.1) is 19.4 Å². The van der Waals surface area contributed by atoms with Crippen LogP contribution in [0.15, 0.2) is 0 Å². The van der Waals surface area contributed by atoms with Gasteiger partial charge < -0.3 is 19.1 Å². The molecule has 0 amide bonds. The lowest BCUT2D eigenvalue weighted by Crippen LogP contribution is -2.37. The Labute approximate surface area is 305 Å².